The Kier molecular flexibility index (Phi) is 6.74. The first-order valence-electron chi connectivity index (χ1n) is 10.8. The van der Waals surface area contributed by atoms with E-state index in [0.29, 0.717) is 34.5 Å². The number of methoxy groups -OCH3 is 2. The van der Waals surface area contributed by atoms with Crippen LogP contribution in [0.25, 0.3) is 17.3 Å². The van der Waals surface area contributed by atoms with Gasteiger partial charge in [-0.1, -0.05) is 6.07 Å². The molecule has 0 aliphatic heterocycles. The fourth-order valence-corrected chi connectivity index (χ4v) is 4.40. The lowest BCUT2D eigenvalue weighted by Gasteiger charge is -2.18. The number of anilines is 1. The van der Waals surface area contributed by atoms with Crippen LogP contribution in [0.15, 0.2) is 47.1 Å². The summed E-state index contributed by atoms with van der Waals surface area (Å²) < 4.78 is 47.5. The van der Waals surface area contributed by atoms with Gasteiger partial charge in [0.15, 0.2) is 5.76 Å². The van der Waals surface area contributed by atoms with Gasteiger partial charge in [0.25, 0.3) is 0 Å². The zero-order valence-electron chi connectivity index (χ0n) is 20.0. The summed E-state index contributed by atoms with van der Waals surface area (Å²) in [5.41, 5.74) is 1.31. The molecule has 0 aliphatic rings. The van der Waals surface area contributed by atoms with Crippen LogP contribution in [0, 0.1) is 13.8 Å². The highest BCUT2D eigenvalue weighted by Gasteiger charge is 2.29. The molecular weight excluding hydrogens is 472 g/mol. The van der Waals surface area contributed by atoms with Gasteiger partial charge in [-0.25, -0.2) is 18.4 Å². The largest absolute Gasteiger partial charge is 0.494 e. The Balaban J connectivity index is 1.79. The topological polar surface area (TPSA) is 134 Å². The standard InChI is InChI=1S/C23H26N6O5S/c1-14-12-24-20(25-13-14)11-16(3)35(30,31)28-23-27-26-22(19-10-9-15(2)34-19)29(23)21-17(32-4)7-6-8-18(21)33-5/h6-10,12-13,16H,11H2,1-5H3,(H,27,28). The summed E-state index contributed by atoms with van der Waals surface area (Å²) in [6.07, 6.45) is 3.42. The molecule has 3 heterocycles. The third kappa shape index (κ3) is 4.97. The maximum Gasteiger partial charge on any atom is 0.243 e. The highest BCUT2D eigenvalue weighted by Crippen LogP contribution is 2.38. The Labute approximate surface area is 203 Å². The molecule has 0 amide bonds. The minimum absolute atomic E-state index is 0.0477. The van der Waals surface area contributed by atoms with Crippen LogP contribution >= 0.6 is 0 Å². The SMILES string of the molecule is COc1cccc(OC)c1-n1c(NS(=O)(=O)C(C)Cc2ncc(C)cn2)nnc1-c1ccc(C)o1. The molecule has 184 valence electrons. The van der Waals surface area contributed by atoms with Crippen LogP contribution in [-0.2, 0) is 16.4 Å². The Bertz CT molecular complexity index is 1410. The molecule has 3 aromatic heterocycles. The smallest absolute Gasteiger partial charge is 0.243 e. The first kappa shape index (κ1) is 24.2. The first-order valence-corrected chi connectivity index (χ1v) is 12.3. The van der Waals surface area contributed by atoms with Crippen LogP contribution < -0.4 is 14.2 Å². The van der Waals surface area contributed by atoms with Crippen molar-refractivity contribution in [2.45, 2.75) is 32.4 Å². The second kappa shape index (κ2) is 9.74. The molecule has 12 heteroatoms. The lowest BCUT2D eigenvalue weighted by molar-refractivity contribution is 0.391. The molecule has 35 heavy (non-hydrogen) atoms. The number of hydrogen-bond donors (Lipinski definition) is 1. The molecule has 0 saturated carbocycles. The quantitative estimate of drug-likeness (QED) is 0.369. The molecule has 4 rings (SSSR count). The van der Waals surface area contributed by atoms with Gasteiger partial charge >= 0.3 is 0 Å². The fraction of sp³-hybridized carbons (Fsp3) is 0.304. The molecule has 0 bridgehead atoms. The van der Waals surface area contributed by atoms with E-state index in [0.717, 1.165) is 5.56 Å². The van der Waals surface area contributed by atoms with Crippen molar-refractivity contribution in [3.63, 3.8) is 0 Å². The van der Waals surface area contributed by atoms with E-state index in [1.165, 1.54) is 18.8 Å². The molecule has 0 fully saturated rings. The van der Waals surface area contributed by atoms with Crippen LogP contribution in [0.4, 0.5) is 5.95 Å². The summed E-state index contributed by atoms with van der Waals surface area (Å²) >= 11 is 0. The average Bonchev–Trinajstić information content (AvgIpc) is 3.45. The maximum absolute atomic E-state index is 13.3. The summed E-state index contributed by atoms with van der Waals surface area (Å²) in [6, 6.07) is 8.72. The fourth-order valence-electron chi connectivity index (χ4n) is 3.45. The van der Waals surface area contributed by atoms with E-state index in [9.17, 15) is 8.42 Å². The van der Waals surface area contributed by atoms with E-state index >= 15 is 0 Å². The van der Waals surface area contributed by atoms with Gasteiger partial charge in [0, 0.05) is 18.8 Å². The first-order chi connectivity index (χ1) is 16.7. The van der Waals surface area contributed by atoms with Gasteiger partial charge in [-0.3, -0.25) is 9.29 Å². The summed E-state index contributed by atoms with van der Waals surface area (Å²) in [6.45, 7) is 5.24. The Hall–Kier alpha value is -3.93. The zero-order chi connectivity index (χ0) is 25.2. The molecule has 0 saturated heterocycles. The van der Waals surface area contributed by atoms with Crippen molar-refractivity contribution in [3.05, 3.63) is 59.9 Å². The second-order valence-corrected chi connectivity index (χ2v) is 10.0. The number of hydrogen-bond acceptors (Lipinski definition) is 9. The number of furan rings is 1. The van der Waals surface area contributed by atoms with Crippen LogP contribution in [0.3, 0.4) is 0 Å². The van der Waals surface area contributed by atoms with Gasteiger partial charge in [-0.15, -0.1) is 10.2 Å². The third-order valence-electron chi connectivity index (χ3n) is 5.32. The lowest BCUT2D eigenvalue weighted by atomic mass is 10.2. The monoisotopic (exact) mass is 498 g/mol. The van der Waals surface area contributed by atoms with Crippen molar-refractivity contribution in [2.24, 2.45) is 0 Å². The van der Waals surface area contributed by atoms with Gasteiger partial charge in [-0.2, -0.15) is 0 Å². The van der Waals surface area contributed by atoms with Gasteiger partial charge in [0.2, 0.25) is 21.8 Å². The number of rotatable bonds is 9. The van der Waals surface area contributed by atoms with Gasteiger partial charge in [-0.05, 0) is 50.6 Å². The van der Waals surface area contributed by atoms with Crippen LogP contribution in [0.1, 0.15) is 24.1 Å². The molecule has 0 radical (unpaired) electrons. The van der Waals surface area contributed by atoms with Crippen LogP contribution in [0.5, 0.6) is 11.5 Å². The number of nitrogens with zero attached hydrogens (tertiary/aromatic N) is 5. The molecular formula is C23H26N6O5S. The maximum atomic E-state index is 13.3. The van der Waals surface area contributed by atoms with Crippen molar-refractivity contribution in [3.8, 4) is 28.8 Å². The molecule has 0 aliphatic carbocycles. The average molecular weight is 499 g/mol. The van der Waals surface area contributed by atoms with E-state index in [-0.39, 0.29) is 18.2 Å². The van der Waals surface area contributed by atoms with E-state index in [1.54, 1.807) is 56.6 Å². The molecule has 1 unspecified atom stereocenters. The summed E-state index contributed by atoms with van der Waals surface area (Å²) in [5.74, 6) is 2.56. The normalized spacial score (nSPS) is 12.4. The molecule has 1 aromatic carbocycles. The van der Waals surface area contributed by atoms with Crippen molar-refractivity contribution < 1.29 is 22.3 Å². The summed E-state index contributed by atoms with van der Waals surface area (Å²) in [4.78, 5) is 8.43. The number of para-hydroxylation sites is 1. The Morgan fingerprint density at radius 2 is 1.69 bits per heavy atom. The summed E-state index contributed by atoms with van der Waals surface area (Å²) in [5, 5.41) is 7.50. The minimum atomic E-state index is -3.92. The van der Waals surface area contributed by atoms with Crippen molar-refractivity contribution in [1.29, 1.82) is 0 Å². The molecule has 1 atom stereocenters. The van der Waals surface area contributed by atoms with E-state index in [1.807, 2.05) is 6.92 Å². The van der Waals surface area contributed by atoms with Crippen LogP contribution in [-0.4, -0.2) is 52.6 Å². The van der Waals surface area contributed by atoms with E-state index in [4.69, 9.17) is 13.9 Å². The predicted molar refractivity (Wildman–Crippen MR) is 129 cm³/mol. The third-order valence-corrected chi connectivity index (χ3v) is 7.01. The van der Waals surface area contributed by atoms with E-state index in [2.05, 4.69) is 24.9 Å². The van der Waals surface area contributed by atoms with Gasteiger partial charge < -0.3 is 13.9 Å². The predicted octanol–water partition coefficient (Wildman–Crippen LogP) is 3.32. The number of ether oxygens (including phenoxy) is 2. The minimum Gasteiger partial charge on any atom is -0.494 e. The number of nitrogens with one attached hydrogen (secondary N) is 1. The summed E-state index contributed by atoms with van der Waals surface area (Å²) in [7, 11) is -0.907. The number of benzene rings is 1. The lowest BCUT2D eigenvalue weighted by Crippen LogP contribution is -2.29. The Morgan fingerprint density at radius 1 is 1.03 bits per heavy atom. The molecule has 1 N–H and O–H groups in total. The zero-order valence-corrected chi connectivity index (χ0v) is 20.8. The molecule has 11 nitrogen and oxygen atoms in total. The highest BCUT2D eigenvalue weighted by molar-refractivity contribution is 7.93. The van der Waals surface area contributed by atoms with Crippen molar-refractivity contribution in [2.75, 3.05) is 18.9 Å². The second-order valence-electron chi connectivity index (χ2n) is 7.94. The molecule has 0 spiro atoms. The highest BCUT2D eigenvalue weighted by atomic mass is 32.2. The van der Waals surface area contributed by atoms with Crippen molar-refractivity contribution in [1.82, 2.24) is 24.7 Å². The Morgan fingerprint density at radius 3 is 2.26 bits per heavy atom. The molecule has 4 aromatic rings. The van der Waals surface area contributed by atoms with Crippen molar-refractivity contribution >= 4 is 16.0 Å². The van der Waals surface area contributed by atoms with Gasteiger partial charge in [0.1, 0.15) is 28.8 Å². The van der Waals surface area contributed by atoms with Gasteiger partial charge in [0.05, 0.1) is 19.5 Å². The van der Waals surface area contributed by atoms with Crippen LogP contribution in [0.2, 0.25) is 0 Å². The van der Waals surface area contributed by atoms with E-state index < -0.39 is 15.3 Å². The number of aromatic nitrogens is 5. The number of aryl methyl sites for hydroxylation is 2. The number of sulfonamides is 1.